The van der Waals surface area contributed by atoms with Crippen LogP contribution in [0.1, 0.15) is 40.0 Å². The second kappa shape index (κ2) is 4.94. The number of nitrogens with two attached hydrogens (primary N) is 1. The van der Waals surface area contributed by atoms with Crippen LogP contribution >= 0.6 is 0 Å². The van der Waals surface area contributed by atoms with E-state index < -0.39 is 5.54 Å². The standard InChI is InChI=1S/C11H22N2O2/c1-4-11(3,12)10(14)13-8-6-9(7-8)15-5-2/h8-9H,4-7,12H2,1-3H3,(H,13,14). The number of ether oxygens (including phenoxy) is 1. The fraction of sp³-hybridized carbons (Fsp3) is 0.909. The molecule has 0 saturated heterocycles. The molecule has 1 amide bonds. The summed E-state index contributed by atoms with van der Waals surface area (Å²) in [5, 5.41) is 2.95. The molecular weight excluding hydrogens is 192 g/mol. The monoisotopic (exact) mass is 214 g/mol. The van der Waals surface area contributed by atoms with Crippen LogP contribution in [0.5, 0.6) is 0 Å². The van der Waals surface area contributed by atoms with Crippen LogP contribution < -0.4 is 11.1 Å². The van der Waals surface area contributed by atoms with Gasteiger partial charge in [0.1, 0.15) is 0 Å². The fourth-order valence-corrected chi connectivity index (χ4v) is 1.57. The topological polar surface area (TPSA) is 64.3 Å². The summed E-state index contributed by atoms with van der Waals surface area (Å²) >= 11 is 0. The summed E-state index contributed by atoms with van der Waals surface area (Å²) in [5.74, 6) is -0.0510. The highest BCUT2D eigenvalue weighted by Gasteiger charge is 2.34. The van der Waals surface area contributed by atoms with Crippen molar-refractivity contribution in [2.45, 2.75) is 57.7 Å². The van der Waals surface area contributed by atoms with E-state index in [4.69, 9.17) is 10.5 Å². The Morgan fingerprint density at radius 3 is 2.60 bits per heavy atom. The lowest BCUT2D eigenvalue weighted by molar-refractivity contribution is -0.128. The number of rotatable bonds is 5. The van der Waals surface area contributed by atoms with Crippen molar-refractivity contribution >= 4 is 5.91 Å². The van der Waals surface area contributed by atoms with Crippen LogP contribution in [0.4, 0.5) is 0 Å². The van der Waals surface area contributed by atoms with Gasteiger partial charge in [0, 0.05) is 12.6 Å². The first-order chi connectivity index (χ1) is 6.99. The molecule has 0 aromatic heterocycles. The lowest BCUT2D eigenvalue weighted by Crippen LogP contribution is -2.57. The van der Waals surface area contributed by atoms with Crippen LogP contribution in [0.2, 0.25) is 0 Å². The van der Waals surface area contributed by atoms with Gasteiger partial charge in [-0.05, 0) is 33.1 Å². The van der Waals surface area contributed by atoms with E-state index in [1.165, 1.54) is 0 Å². The molecule has 1 unspecified atom stereocenters. The molecular formula is C11H22N2O2. The molecule has 0 aromatic rings. The van der Waals surface area contributed by atoms with Crippen molar-refractivity contribution in [1.29, 1.82) is 0 Å². The van der Waals surface area contributed by atoms with Crippen molar-refractivity contribution in [2.24, 2.45) is 5.73 Å². The van der Waals surface area contributed by atoms with Gasteiger partial charge in [-0.3, -0.25) is 4.79 Å². The predicted octanol–water partition coefficient (Wildman–Crippen LogP) is 0.797. The highest BCUT2D eigenvalue weighted by atomic mass is 16.5. The molecule has 0 aliphatic heterocycles. The van der Waals surface area contributed by atoms with E-state index >= 15 is 0 Å². The normalized spacial score (nSPS) is 29.1. The zero-order valence-electron chi connectivity index (χ0n) is 9.88. The summed E-state index contributed by atoms with van der Waals surface area (Å²) < 4.78 is 5.42. The highest BCUT2D eigenvalue weighted by Crippen LogP contribution is 2.23. The van der Waals surface area contributed by atoms with Gasteiger partial charge in [0.25, 0.3) is 0 Å². The van der Waals surface area contributed by atoms with Crippen LogP contribution in [-0.4, -0.2) is 30.2 Å². The maximum atomic E-state index is 11.7. The largest absolute Gasteiger partial charge is 0.378 e. The van der Waals surface area contributed by atoms with Gasteiger partial charge in [-0.1, -0.05) is 6.92 Å². The summed E-state index contributed by atoms with van der Waals surface area (Å²) in [6.45, 7) is 6.42. The van der Waals surface area contributed by atoms with E-state index in [0.717, 1.165) is 19.4 Å². The molecule has 1 atom stereocenters. The molecule has 3 N–H and O–H groups in total. The minimum atomic E-state index is -0.739. The average Bonchev–Trinajstić information content (AvgIpc) is 2.14. The molecule has 0 bridgehead atoms. The smallest absolute Gasteiger partial charge is 0.240 e. The maximum Gasteiger partial charge on any atom is 0.240 e. The molecule has 0 aromatic carbocycles. The van der Waals surface area contributed by atoms with Crippen LogP contribution in [-0.2, 0) is 9.53 Å². The third-order valence-electron chi connectivity index (χ3n) is 3.09. The summed E-state index contributed by atoms with van der Waals surface area (Å²) in [7, 11) is 0. The third-order valence-corrected chi connectivity index (χ3v) is 3.09. The van der Waals surface area contributed by atoms with Crippen molar-refractivity contribution < 1.29 is 9.53 Å². The summed E-state index contributed by atoms with van der Waals surface area (Å²) in [6.07, 6.45) is 2.81. The quantitative estimate of drug-likeness (QED) is 0.711. The van der Waals surface area contributed by atoms with Gasteiger partial charge in [0.2, 0.25) is 5.91 Å². The lowest BCUT2D eigenvalue weighted by atomic mass is 9.88. The van der Waals surface area contributed by atoms with E-state index in [9.17, 15) is 4.79 Å². The Balaban J connectivity index is 2.25. The number of carbonyl (C=O) groups excluding carboxylic acids is 1. The van der Waals surface area contributed by atoms with Crippen LogP contribution in [0, 0.1) is 0 Å². The van der Waals surface area contributed by atoms with Crippen LogP contribution in [0.15, 0.2) is 0 Å². The van der Waals surface area contributed by atoms with Gasteiger partial charge in [-0.2, -0.15) is 0 Å². The second-order valence-corrected chi connectivity index (χ2v) is 4.49. The summed E-state index contributed by atoms with van der Waals surface area (Å²) in [6, 6.07) is 0.253. The molecule has 0 heterocycles. The lowest BCUT2D eigenvalue weighted by Gasteiger charge is -2.37. The number of carbonyl (C=O) groups is 1. The van der Waals surface area contributed by atoms with E-state index in [1.807, 2.05) is 13.8 Å². The molecule has 1 aliphatic rings. The highest BCUT2D eigenvalue weighted by molar-refractivity contribution is 5.85. The van der Waals surface area contributed by atoms with Gasteiger partial charge in [0.05, 0.1) is 11.6 Å². The Bertz CT molecular complexity index is 223. The van der Waals surface area contributed by atoms with E-state index in [1.54, 1.807) is 6.92 Å². The Labute approximate surface area is 91.5 Å². The fourth-order valence-electron chi connectivity index (χ4n) is 1.57. The molecule has 1 fully saturated rings. The Kier molecular flexibility index (Phi) is 4.11. The number of hydrogen-bond acceptors (Lipinski definition) is 3. The summed E-state index contributed by atoms with van der Waals surface area (Å²) in [5.41, 5.74) is 5.10. The Morgan fingerprint density at radius 2 is 2.13 bits per heavy atom. The van der Waals surface area contributed by atoms with Crippen LogP contribution in [0.25, 0.3) is 0 Å². The molecule has 1 aliphatic carbocycles. The Morgan fingerprint density at radius 1 is 1.53 bits per heavy atom. The van der Waals surface area contributed by atoms with Crippen molar-refractivity contribution in [2.75, 3.05) is 6.61 Å². The van der Waals surface area contributed by atoms with E-state index in [-0.39, 0.29) is 11.9 Å². The molecule has 4 nitrogen and oxygen atoms in total. The van der Waals surface area contributed by atoms with Gasteiger partial charge >= 0.3 is 0 Å². The van der Waals surface area contributed by atoms with Crippen molar-refractivity contribution in [3.05, 3.63) is 0 Å². The van der Waals surface area contributed by atoms with Crippen LogP contribution in [0.3, 0.4) is 0 Å². The van der Waals surface area contributed by atoms with Crippen molar-refractivity contribution in [3.63, 3.8) is 0 Å². The molecule has 1 saturated carbocycles. The van der Waals surface area contributed by atoms with Crippen molar-refractivity contribution in [1.82, 2.24) is 5.32 Å². The van der Waals surface area contributed by atoms with Gasteiger partial charge in [-0.25, -0.2) is 0 Å². The Hall–Kier alpha value is -0.610. The molecule has 1 rings (SSSR count). The summed E-state index contributed by atoms with van der Waals surface area (Å²) in [4.78, 5) is 11.7. The molecule has 88 valence electrons. The van der Waals surface area contributed by atoms with Gasteiger partial charge in [0.15, 0.2) is 0 Å². The predicted molar refractivity (Wildman–Crippen MR) is 59.5 cm³/mol. The first-order valence-electron chi connectivity index (χ1n) is 5.71. The van der Waals surface area contributed by atoms with Crippen molar-refractivity contribution in [3.8, 4) is 0 Å². The van der Waals surface area contributed by atoms with E-state index in [0.29, 0.717) is 12.5 Å². The van der Waals surface area contributed by atoms with E-state index in [2.05, 4.69) is 5.32 Å². The molecule has 0 radical (unpaired) electrons. The molecule has 4 heteroatoms. The molecule has 15 heavy (non-hydrogen) atoms. The number of amides is 1. The minimum Gasteiger partial charge on any atom is -0.378 e. The van der Waals surface area contributed by atoms with Gasteiger partial charge < -0.3 is 15.8 Å². The minimum absolute atomic E-state index is 0.0510. The second-order valence-electron chi connectivity index (χ2n) is 4.49. The number of nitrogens with one attached hydrogen (secondary N) is 1. The zero-order valence-corrected chi connectivity index (χ0v) is 9.88. The third kappa shape index (κ3) is 3.18. The molecule has 0 spiro atoms. The number of hydrogen-bond donors (Lipinski definition) is 2. The first kappa shape index (κ1) is 12.5. The first-order valence-corrected chi connectivity index (χ1v) is 5.71. The van der Waals surface area contributed by atoms with Gasteiger partial charge in [-0.15, -0.1) is 0 Å². The zero-order chi connectivity index (χ0) is 11.5. The SMILES string of the molecule is CCOC1CC(NC(=O)C(C)(N)CC)C1. The maximum absolute atomic E-state index is 11.7. The average molecular weight is 214 g/mol.